The number of hydrogen-bond acceptors (Lipinski definition) is 2. The van der Waals surface area contributed by atoms with E-state index in [0.29, 0.717) is 6.61 Å². The Hall–Kier alpha value is -0.570. The van der Waals surface area contributed by atoms with Crippen molar-refractivity contribution in [2.24, 2.45) is 0 Å². The van der Waals surface area contributed by atoms with E-state index in [1.165, 1.54) is 0 Å². The number of allylic oxidation sites excluding steroid dienone is 1. The molecule has 0 aliphatic rings. The third kappa shape index (κ3) is 7.43. The molecule has 0 unspecified atom stereocenters. The molecule has 0 atom stereocenters. The summed E-state index contributed by atoms with van der Waals surface area (Å²) in [6, 6.07) is 0. The fourth-order valence-corrected chi connectivity index (χ4v) is 0.450. The molecule has 0 rings (SSSR count). The van der Waals surface area contributed by atoms with E-state index in [0.717, 1.165) is 19.1 Å². The summed E-state index contributed by atoms with van der Waals surface area (Å²) in [5.74, 6) is 0. The summed E-state index contributed by atoms with van der Waals surface area (Å²) in [6.07, 6.45) is 4.32. The Kier molecular flexibility index (Phi) is 6.96. The molecule has 0 aromatic carbocycles. The number of rotatable bonds is 5. The summed E-state index contributed by atoms with van der Waals surface area (Å²) < 4.78 is 15.6. The van der Waals surface area contributed by atoms with Crippen LogP contribution in [0.2, 0.25) is 0 Å². The lowest BCUT2D eigenvalue weighted by atomic mass is 10.3. The fourth-order valence-electron chi connectivity index (χ4n) is 0.450. The highest BCUT2D eigenvalue weighted by Gasteiger charge is 1.80. The lowest BCUT2D eigenvalue weighted by Crippen LogP contribution is -1.85. The smallest absolute Gasteiger partial charge is 0.132 e. The molecule has 0 spiro atoms. The number of ether oxygens (including phenoxy) is 1. The van der Waals surface area contributed by atoms with Crippen LogP contribution in [0.3, 0.4) is 0 Å². The van der Waals surface area contributed by atoms with Gasteiger partial charge >= 0.3 is 0 Å². The van der Waals surface area contributed by atoms with E-state index < -0.39 is 0 Å². The molecule has 0 fully saturated rings. The van der Waals surface area contributed by atoms with Crippen molar-refractivity contribution in [2.75, 3.05) is 13.7 Å². The van der Waals surface area contributed by atoms with Crippen LogP contribution in [0.1, 0.15) is 12.8 Å². The predicted octanol–water partition coefficient (Wildman–Crippen LogP) is 1.83. The SMILES string of the molecule is COCCCC=COF. The summed E-state index contributed by atoms with van der Waals surface area (Å²) in [6.45, 7) is 0.705. The molecule has 0 heterocycles. The molecule has 0 aliphatic carbocycles. The van der Waals surface area contributed by atoms with Crippen LogP contribution in [-0.2, 0) is 9.68 Å². The third-order valence-electron chi connectivity index (χ3n) is 0.867. The fraction of sp³-hybridized carbons (Fsp3) is 0.667. The molecule has 9 heavy (non-hydrogen) atoms. The monoisotopic (exact) mass is 134 g/mol. The highest BCUT2D eigenvalue weighted by molar-refractivity contribution is 4.71. The van der Waals surface area contributed by atoms with Gasteiger partial charge in [0.2, 0.25) is 0 Å². The first-order valence-corrected chi connectivity index (χ1v) is 2.83. The van der Waals surface area contributed by atoms with Gasteiger partial charge in [0, 0.05) is 18.2 Å². The normalized spacial score (nSPS) is 10.4. The minimum Gasteiger partial charge on any atom is -0.385 e. The Balaban J connectivity index is 2.82. The summed E-state index contributed by atoms with van der Waals surface area (Å²) in [7, 11) is 1.63. The molecular formula is C6H11FO2. The average molecular weight is 134 g/mol. The summed E-state index contributed by atoms with van der Waals surface area (Å²) >= 11 is 0. The van der Waals surface area contributed by atoms with E-state index in [4.69, 9.17) is 4.74 Å². The molecule has 0 amide bonds. The van der Waals surface area contributed by atoms with Crippen LogP contribution in [0.5, 0.6) is 0 Å². The molecule has 0 saturated carbocycles. The molecule has 0 aromatic rings. The minimum atomic E-state index is 0.705. The van der Waals surface area contributed by atoms with Crippen molar-refractivity contribution in [1.82, 2.24) is 0 Å². The van der Waals surface area contributed by atoms with Crippen LogP contribution in [0, 0.1) is 0 Å². The highest BCUT2D eigenvalue weighted by atomic mass is 19.3. The van der Waals surface area contributed by atoms with Crippen LogP contribution in [0.4, 0.5) is 4.53 Å². The number of halogens is 1. The Bertz CT molecular complexity index is 73.5. The Labute approximate surface area is 54.2 Å². The lowest BCUT2D eigenvalue weighted by Gasteiger charge is -1.91. The van der Waals surface area contributed by atoms with E-state index in [1.54, 1.807) is 13.2 Å². The second kappa shape index (κ2) is 7.43. The van der Waals surface area contributed by atoms with Gasteiger partial charge in [-0.2, -0.15) is 0 Å². The lowest BCUT2D eigenvalue weighted by molar-refractivity contribution is -0.0621. The summed E-state index contributed by atoms with van der Waals surface area (Å²) in [4.78, 5) is 3.20. The van der Waals surface area contributed by atoms with Gasteiger partial charge in [-0.1, -0.05) is 0 Å². The average Bonchev–Trinajstić information content (AvgIpc) is 1.89. The van der Waals surface area contributed by atoms with E-state index in [9.17, 15) is 4.53 Å². The maximum atomic E-state index is 10.9. The predicted molar refractivity (Wildman–Crippen MR) is 32.4 cm³/mol. The largest absolute Gasteiger partial charge is 0.385 e. The maximum absolute atomic E-state index is 10.9. The molecule has 0 bridgehead atoms. The van der Waals surface area contributed by atoms with Crippen molar-refractivity contribution in [2.45, 2.75) is 12.8 Å². The number of hydrogen-bond donors (Lipinski definition) is 0. The number of methoxy groups -OCH3 is 1. The van der Waals surface area contributed by atoms with Gasteiger partial charge < -0.3 is 9.68 Å². The van der Waals surface area contributed by atoms with E-state index >= 15 is 0 Å². The van der Waals surface area contributed by atoms with Crippen LogP contribution >= 0.6 is 0 Å². The van der Waals surface area contributed by atoms with E-state index in [1.807, 2.05) is 0 Å². The van der Waals surface area contributed by atoms with Crippen molar-refractivity contribution >= 4 is 0 Å². The first kappa shape index (κ1) is 8.43. The molecule has 0 aromatic heterocycles. The summed E-state index contributed by atoms with van der Waals surface area (Å²) in [5.41, 5.74) is 0. The van der Waals surface area contributed by atoms with Crippen LogP contribution in [0.15, 0.2) is 12.3 Å². The van der Waals surface area contributed by atoms with Crippen LogP contribution in [0.25, 0.3) is 0 Å². The zero-order chi connectivity index (χ0) is 6.95. The first-order chi connectivity index (χ1) is 4.41. The standard InChI is InChI=1S/C6H11FO2/c1-8-5-3-2-4-6-9-7/h4,6H,2-3,5H2,1H3. The molecule has 0 radical (unpaired) electrons. The maximum Gasteiger partial charge on any atom is 0.132 e. The molecule has 0 aliphatic heterocycles. The highest BCUT2D eigenvalue weighted by Crippen LogP contribution is 1.91. The topological polar surface area (TPSA) is 18.5 Å². The molecule has 54 valence electrons. The van der Waals surface area contributed by atoms with Crippen molar-refractivity contribution in [3.63, 3.8) is 0 Å². The third-order valence-corrected chi connectivity index (χ3v) is 0.867. The van der Waals surface area contributed by atoms with Gasteiger partial charge in [0.25, 0.3) is 0 Å². The van der Waals surface area contributed by atoms with Crippen LogP contribution in [-0.4, -0.2) is 13.7 Å². The zero-order valence-corrected chi connectivity index (χ0v) is 5.47. The minimum absolute atomic E-state index is 0.705. The van der Waals surface area contributed by atoms with Gasteiger partial charge in [0.05, 0.1) is 0 Å². The second-order valence-corrected chi connectivity index (χ2v) is 1.60. The molecule has 2 nitrogen and oxygen atoms in total. The quantitative estimate of drug-likeness (QED) is 0.422. The Morgan fingerprint density at radius 3 is 2.89 bits per heavy atom. The van der Waals surface area contributed by atoms with Crippen molar-refractivity contribution in [3.05, 3.63) is 12.3 Å². The number of unbranched alkanes of at least 4 members (excludes halogenated alkanes) is 1. The first-order valence-electron chi connectivity index (χ1n) is 2.83. The van der Waals surface area contributed by atoms with Gasteiger partial charge in [0.1, 0.15) is 6.26 Å². The van der Waals surface area contributed by atoms with Crippen molar-refractivity contribution in [1.29, 1.82) is 0 Å². The van der Waals surface area contributed by atoms with Gasteiger partial charge in [-0.15, -0.1) is 0 Å². The van der Waals surface area contributed by atoms with Gasteiger partial charge in [-0.3, -0.25) is 0 Å². The van der Waals surface area contributed by atoms with Crippen molar-refractivity contribution in [3.8, 4) is 0 Å². The summed E-state index contributed by atoms with van der Waals surface area (Å²) in [5, 5.41) is 0. The van der Waals surface area contributed by atoms with E-state index in [-0.39, 0.29) is 0 Å². The Morgan fingerprint density at radius 1 is 1.56 bits per heavy atom. The van der Waals surface area contributed by atoms with Crippen LogP contribution < -0.4 is 0 Å². The van der Waals surface area contributed by atoms with Gasteiger partial charge in [-0.25, -0.2) is 0 Å². The Morgan fingerprint density at radius 2 is 2.33 bits per heavy atom. The van der Waals surface area contributed by atoms with Gasteiger partial charge in [0.15, 0.2) is 0 Å². The second-order valence-electron chi connectivity index (χ2n) is 1.60. The zero-order valence-electron chi connectivity index (χ0n) is 5.47. The molecular weight excluding hydrogens is 123 g/mol. The molecule has 0 N–H and O–H groups in total. The van der Waals surface area contributed by atoms with Gasteiger partial charge in [-0.05, 0) is 18.9 Å². The molecule has 3 heteroatoms. The van der Waals surface area contributed by atoms with E-state index in [2.05, 4.69) is 4.94 Å². The van der Waals surface area contributed by atoms with Crippen molar-refractivity contribution < 1.29 is 14.2 Å². The molecule has 0 saturated heterocycles.